The molecule has 3 unspecified atom stereocenters. The molecular weight excluding hydrogens is 328 g/mol. The summed E-state index contributed by atoms with van der Waals surface area (Å²) >= 11 is 0. The summed E-state index contributed by atoms with van der Waals surface area (Å²) in [5.74, 6) is -0.606. The lowest BCUT2D eigenvalue weighted by Crippen LogP contribution is -2.47. The fourth-order valence-corrected chi connectivity index (χ4v) is 5.69. The first-order valence-electron chi connectivity index (χ1n) is 9.22. The molecule has 0 radical (unpaired) electrons. The highest BCUT2D eigenvalue weighted by Gasteiger charge is 2.62. The van der Waals surface area contributed by atoms with Crippen molar-refractivity contribution in [2.24, 2.45) is 23.2 Å². The molecule has 0 heterocycles. The molecule has 1 saturated carbocycles. The van der Waals surface area contributed by atoms with Gasteiger partial charge < -0.3 is 9.84 Å². The number of fused-ring (bicyclic) bond motifs is 5. The van der Waals surface area contributed by atoms with Crippen molar-refractivity contribution in [2.75, 3.05) is 13.7 Å². The third kappa shape index (κ3) is 1.94. The van der Waals surface area contributed by atoms with Gasteiger partial charge in [0.1, 0.15) is 5.41 Å². The van der Waals surface area contributed by atoms with Crippen LogP contribution in [0, 0.1) is 23.2 Å². The number of aliphatic hydroxyl groups is 1. The lowest BCUT2D eigenvalue weighted by molar-refractivity contribution is -0.162. The maximum absolute atomic E-state index is 13.1. The van der Waals surface area contributed by atoms with Crippen molar-refractivity contribution < 1.29 is 19.4 Å². The average Bonchev–Trinajstić information content (AvgIpc) is 2.87. The van der Waals surface area contributed by atoms with Gasteiger partial charge in [0.05, 0.1) is 13.7 Å². The molecule has 1 N–H and O–H groups in total. The van der Waals surface area contributed by atoms with Crippen LogP contribution in [0.4, 0.5) is 0 Å². The highest BCUT2D eigenvalue weighted by atomic mass is 16.5. The predicted octanol–water partition coefficient (Wildman–Crippen LogP) is 3.25. The second kappa shape index (κ2) is 5.92. The Morgan fingerprint density at radius 2 is 2.00 bits per heavy atom. The Balaban J connectivity index is 1.91. The molecule has 4 heteroatoms. The zero-order valence-corrected chi connectivity index (χ0v) is 15.4. The lowest BCUT2D eigenvalue weighted by Gasteiger charge is -2.41. The zero-order chi connectivity index (χ0) is 18.6. The van der Waals surface area contributed by atoms with E-state index in [-0.39, 0.29) is 36.6 Å². The number of carbonyl (C=O) groups excluding carboxylic acids is 2. The summed E-state index contributed by atoms with van der Waals surface area (Å²) in [6.07, 6.45) is 2.87. The largest absolute Gasteiger partial charge is 0.468 e. The Hall–Kier alpha value is -2.20. The average molecular weight is 352 g/mol. The zero-order valence-electron chi connectivity index (χ0n) is 15.4. The van der Waals surface area contributed by atoms with Crippen molar-refractivity contribution in [1.82, 2.24) is 0 Å². The smallest absolute Gasteiger partial charge is 0.315 e. The standard InChI is InChI=1S/C22H24O4/c1-4-13-12(2)17-9-16-14-7-5-6-8-15(14)20(16)19(24)10-18(13)22(17,11-23)21(25)26-3/h4-8,12,17-18,23H,9-11H2,1-3H3/t12?,17?,18?,22-/m0/s1. The molecule has 4 atom stereocenters. The number of ketones is 1. The van der Waals surface area contributed by atoms with E-state index in [1.807, 2.05) is 37.3 Å². The Bertz CT molecular complexity index is 863. The first kappa shape index (κ1) is 17.2. The highest BCUT2D eigenvalue weighted by Crippen LogP contribution is 2.62. The van der Waals surface area contributed by atoms with E-state index in [2.05, 4.69) is 6.92 Å². The van der Waals surface area contributed by atoms with E-state index in [9.17, 15) is 14.7 Å². The molecule has 0 amide bonds. The van der Waals surface area contributed by atoms with Gasteiger partial charge >= 0.3 is 5.97 Å². The monoisotopic (exact) mass is 352 g/mol. The third-order valence-electron chi connectivity index (χ3n) is 6.89. The van der Waals surface area contributed by atoms with E-state index in [0.29, 0.717) is 6.42 Å². The summed E-state index contributed by atoms with van der Waals surface area (Å²) in [5, 5.41) is 10.4. The fraction of sp³-hybridized carbons (Fsp3) is 0.455. The number of allylic oxidation sites excluding steroid dienone is 4. The number of ether oxygens (including phenoxy) is 1. The summed E-state index contributed by atoms with van der Waals surface area (Å²) in [7, 11) is 1.36. The van der Waals surface area contributed by atoms with Gasteiger partial charge in [0.2, 0.25) is 0 Å². The lowest BCUT2D eigenvalue weighted by atomic mass is 9.62. The van der Waals surface area contributed by atoms with Gasteiger partial charge in [-0.1, -0.05) is 42.8 Å². The van der Waals surface area contributed by atoms with E-state index in [4.69, 9.17) is 4.74 Å². The number of aliphatic hydroxyl groups excluding tert-OH is 1. The number of hydrogen-bond acceptors (Lipinski definition) is 4. The third-order valence-corrected chi connectivity index (χ3v) is 6.89. The highest BCUT2D eigenvalue weighted by molar-refractivity contribution is 6.34. The predicted molar refractivity (Wildman–Crippen MR) is 98.9 cm³/mol. The molecule has 136 valence electrons. The van der Waals surface area contributed by atoms with Gasteiger partial charge in [0.15, 0.2) is 5.78 Å². The molecule has 0 spiro atoms. The van der Waals surface area contributed by atoms with Crippen LogP contribution in [0.5, 0.6) is 0 Å². The number of rotatable bonds is 2. The molecule has 26 heavy (non-hydrogen) atoms. The Kier molecular flexibility index (Phi) is 3.92. The van der Waals surface area contributed by atoms with Crippen LogP contribution in [0.2, 0.25) is 0 Å². The van der Waals surface area contributed by atoms with Crippen molar-refractivity contribution in [3.8, 4) is 0 Å². The molecule has 1 aromatic carbocycles. The number of esters is 1. The number of carbonyl (C=O) groups is 2. The number of benzene rings is 1. The summed E-state index contributed by atoms with van der Waals surface area (Å²) in [6, 6.07) is 7.96. The van der Waals surface area contributed by atoms with Crippen LogP contribution >= 0.6 is 0 Å². The molecule has 1 fully saturated rings. The van der Waals surface area contributed by atoms with Gasteiger partial charge in [-0.3, -0.25) is 9.59 Å². The van der Waals surface area contributed by atoms with E-state index < -0.39 is 11.4 Å². The van der Waals surface area contributed by atoms with Gasteiger partial charge in [0.25, 0.3) is 0 Å². The Morgan fingerprint density at radius 3 is 2.62 bits per heavy atom. The van der Waals surface area contributed by atoms with Crippen LogP contribution in [0.25, 0.3) is 11.1 Å². The summed E-state index contributed by atoms with van der Waals surface area (Å²) in [5.41, 5.74) is 4.04. The Labute approximate surface area is 153 Å². The molecule has 4 nitrogen and oxygen atoms in total. The molecule has 1 aromatic rings. The van der Waals surface area contributed by atoms with Gasteiger partial charge in [0, 0.05) is 17.9 Å². The van der Waals surface area contributed by atoms with Crippen LogP contribution in [-0.4, -0.2) is 30.6 Å². The summed E-state index contributed by atoms with van der Waals surface area (Å²) < 4.78 is 5.13. The second-order valence-corrected chi connectivity index (χ2v) is 7.66. The molecule has 0 aromatic heterocycles. The molecule has 0 aliphatic heterocycles. The van der Waals surface area contributed by atoms with E-state index >= 15 is 0 Å². The van der Waals surface area contributed by atoms with E-state index in [1.54, 1.807) is 0 Å². The SMILES string of the molecule is CC=C1C(C)C2CC3=C(C(=O)CC1[C@@]2(CO)C(=O)OC)c1ccccc13. The second-order valence-electron chi connectivity index (χ2n) is 7.66. The Morgan fingerprint density at radius 1 is 1.31 bits per heavy atom. The van der Waals surface area contributed by atoms with E-state index in [1.165, 1.54) is 7.11 Å². The van der Waals surface area contributed by atoms with Crippen molar-refractivity contribution in [2.45, 2.75) is 26.7 Å². The van der Waals surface area contributed by atoms with E-state index in [0.717, 1.165) is 27.8 Å². The van der Waals surface area contributed by atoms with Crippen molar-refractivity contribution in [3.05, 3.63) is 47.0 Å². The van der Waals surface area contributed by atoms with Gasteiger partial charge in [-0.25, -0.2) is 0 Å². The maximum atomic E-state index is 13.1. The maximum Gasteiger partial charge on any atom is 0.315 e. The minimum Gasteiger partial charge on any atom is -0.468 e. The quantitative estimate of drug-likeness (QED) is 0.655. The molecule has 3 aliphatic carbocycles. The summed E-state index contributed by atoms with van der Waals surface area (Å²) in [4.78, 5) is 26.0. The van der Waals surface area contributed by atoms with Crippen LogP contribution < -0.4 is 0 Å². The molecule has 3 aliphatic rings. The first-order chi connectivity index (χ1) is 12.5. The topological polar surface area (TPSA) is 63.6 Å². The first-order valence-corrected chi connectivity index (χ1v) is 9.22. The van der Waals surface area contributed by atoms with Crippen LogP contribution in [0.3, 0.4) is 0 Å². The van der Waals surface area contributed by atoms with Crippen LogP contribution in [0.1, 0.15) is 37.8 Å². The number of Topliss-reactive ketones (excluding diaryl/α,β-unsaturated/α-hetero) is 1. The summed E-state index contributed by atoms with van der Waals surface area (Å²) in [6.45, 7) is 3.76. The number of methoxy groups -OCH3 is 1. The van der Waals surface area contributed by atoms with Crippen molar-refractivity contribution in [1.29, 1.82) is 0 Å². The van der Waals surface area contributed by atoms with Crippen LogP contribution in [-0.2, 0) is 14.3 Å². The van der Waals surface area contributed by atoms with Crippen molar-refractivity contribution in [3.63, 3.8) is 0 Å². The van der Waals surface area contributed by atoms with Gasteiger partial charge in [-0.2, -0.15) is 0 Å². The van der Waals surface area contributed by atoms with Gasteiger partial charge in [-0.15, -0.1) is 0 Å². The molecule has 2 bridgehead atoms. The molecule has 0 saturated heterocycles. The van der Waals surface area contributed by atoms with Gasteiger partial charge in [-0.05, 0) is 41.9 Å². The normalized spacial score (nSPS) is 33.9. The molecular formula is C22H24O4. The minimum atomic E-state index is -1.05. The number of hydrogen-bond donors (Lipinski definition) is 1. The minimum absolute atomic E-state index is 0.0670. The fourth-order valence-electron chi connectivity index (χ4n) is 5.69. The molecule has 4 rings (SSSR count). The van der Waals surface area contributed by atoms with Crippen LogP contribution in [0.15, 0.2) is 35.9 Å². The van der Waals surface area contributed by atoms with Crippen molar-refractivity contribution >= 4 is 22.9 Å².